The van der Waals surface area contributed by atoms with Crippen LogP contribution in [0.4, 0.5) is 4.39 Å². The van der Waals surface area contributed by atoms with Crippen LogP contribution in [0.5, 0.6) is 0 Å². The van der Waals surface area contributed by atoms with Gasteiger partial charge in [0.05, 0.1) is 17.3 Å². The van der Waals surface area contributed by atoms with Crippen molar-refractivity contribution in [3.63, 3.8) is 0 Å². The fourth-order valence-electron chi connectivity index (χ4n) is 6.41. The van der Waals surface area contributed by atoms with Crippen molar-refractivity contribution in [3.05, 3.63) is 126 Å². The highest BCUT2D eigenvalue weighted by molar-refractivity contribution is 6.39. The number of para-hydroxylation sites is 1. The fraction of sp³-hybridized carbons (Fsp3) is 0.122. The summed E-state index contributed by atoms with van der Waals surface area (Å²) in [4.78, 5) is 4.38. The number of benzene rings is 5. The number of hydrogen-bond acceptors (Lipinski definition) is 3. The highest BCUT2D eigenvalue weighted by Crippen LogP contribution is 2.41. The number of aryl methyl sites for hydroxylation is 1. The summed E-state index contributed by atoms with van der Waals surface area (Å²) in [5.41, 5.74) is 9.51. The molecule has 4 radical (unpaired) electrons. The minimum Gasteiger partial charge on any atom is -0.455 e. The van der Waals surface area contributed by atoms with Gasteiger partial charge < -0.3 is 4.42 Å². The average Bonchev–Trinajstić information content (AvgIpc) is 3.45. The van der Waals surface area contributed by atoms with Gasteiger partial charge in [-0.05, 0) is 70.0 Å². The molecule has 0 saturated heterocycles. The van der Waals surface area contributed by atoms with Crippen molar-refractivity contribution < 1.29 is 8.81 Å². The van der Waals surface area contributed by atoms with Crippen LogP contribution in [-0.4, -0.2) is 20.7 Å². The number of aromatic nitrogens is 1. The van der Waals surface area contributed by atoms with Crippen molar-refractivity contribution in [1.82, 2.24) is 4.98 Å². The van der Waals surface area contributed by atoms with Gasteiger partial charge in [0.15, 0.2) is 0 Å². The summed E-state index contributed by atoms with van der Waals surface area (Å²) in [6.07, 6.45) is 0. The van der Waals surface area contributed by atoms with E-state index in [0.717, 1.165) is 33.0 Å². The van der Waals surface area contributed by atoms with Gasteiger partial charge in [-0.15, -0.1) is 0 Å². The lowest BCUT2D eigenvalue weighted by Crippen LogP contribution is -2.34. The summed E-state index contributed by atoms with van der Waals surface area (Å²) >= 11 is 0. The maximum Gasteiger partial charge on any atom is 0.145 e. The van der Waals surface area contributed by atoms with E-state index in [0.29, 0.717) is 39.1 Å². The molecular weight excluding hydrogens is 577 g/mol. The van der Waals surface area contributed by atoms with Crippen LogP contribution in [0, 0.1) is 24.1 Å². The molecule has 2 aromatic heterocycles. The van der Waals surface area contributed by atoms with Crippen molar-refractivity contribution in [2.75, 3.05) is 0 Å². The molecule has 47 heavy (non-hydrogen) atoms. The Labute approximate surface area is 276 Å². The van der Waals surface area contributed by atoms with Crippen molar-refractivity contribution in [1.29, 1.82) is 5.26 Å². The van der Waals surface area contributed by atoms with E-state index in [1.165, 1.54) is 11.1 Å². The van der Waals surface area contributed by atoms with Gasteiger partial charge in [-0.1, -0.05) is 111 Å². The minimum atomic E-state index is -0.609. The standard InChI is InChI=1S/C41H29B2FN2O/c1-23-11-13-24(14-12-23)27-7-5-8-28(21-27)25-15-17-26(18-16-25)33-29(22-45)19-20-31-30-9-6-10-32(38(30)47-39(31)33)37-35(42)34(41(2,3)4)36(44)40(43)46-37/h5-21H,1-4H3. The van der Waals surface area contributed by atoms with Crippen molar-refractivity contribution in [2.45, 2.75) is 33.1 Å². The number of pyridine rings is 1. The molecule has 222 valence electrons. The normalized spacial score (nSPS) is 11.7. The van der Waals surface area contributed by atoms with E-state index in [4.69, 9.17) is 20.1 Å². The molecule has 6 heteroatoms. The Bertz CT molecular complexity index is 2380. The van der Waals surface area contributed by atoms with Crippen LogP contribution in [0.1, 0.15) is 37.5 Å². The zero-order chi connectivity index (χ0) is 33.0. The second-order valence-electron chi connectivity index (χ2n) is 13.0. The quantitative estimate of drug-likeness (QED) is 0.188. The Hall–Kier alpha value is -5.40. The Kier molecular flexibility index (Phi) is 7.37. The Balaban J connectivity index is 1.36. The highest BCUT2D eigenvalue weighted by Gasteiger charge is 2.27. The number of nitrogens with zero attached hydrogens (tertiary/aromatic N) is 2. The summed E-state index contributed by atoms with van der Waals surface area (Å²) < 4.78 is 21.8. The molecule has 0 saturated carbocycles. The van der Waals surface area contributed by atoms with Crippen LogP contribution in [0.15, 0.2) is 108 Å². The Morgan fingerprint density at radius 3 is 1.96 bits per heavy atom. The SMILES string of the molecule is [B]c1nc(-c2cccc3c2oc2c(-c4ccc(-c5cccc(-c6ccc(C)cc6)c5)cc4)c(C#N)ccc23)c([B])c(C(C)(C)C)c1F. The lowest BCUT2D eigenvalue weighted by Gasteiger charge is -2.25. The monoisotopic (exact) mass is 606 g/mol. The minimum absolute atomic E-state index is 0.218. The highest BCUT2D eigenvalue weighted by atomic mass is 19.1. The number of nitriles is 1. The number of furan rings is 1. The first kappa shape index (κ1) is 30.3. The molecule has 0 unspecified atom stereocenters. The van der Waals surface area contributed by atoms with E-state index < -0.39 is 11.2 Å². The molecule has 0 aliphatic heterocycles. The summed E-state index contributed by atoms with van der Waals surface area (Å²) in [5, 5.41) is 11.8. The lowest BCUT2D eigenvalue weighted by atomic mass is 9.74. The van der Waals surface area contributed by atoms with Gasteiger partial charge in [0.1, 0.15) is 32.7 Å². The molecule has 3 nitrogen and oxygen atoms in total. The zero-order valence-electron chi connectivity index (χ0n) is 26.7. The molecule has 7 rings (SSSR count). The summed E-state index contributed by atoms with van der Waals surface area (Å²) in [7, 11) is 12.7. The van der Waals surface area contributed by atoms with E-state index in [9.17, 15) is 5.26 Å². The summed E-state index contributed by atoms with van der Waals surface area (Å²) in [6, 6.07) is 36.9. The molecule has 2 heterocycles. The van der Waals surface area contributed by atoms with Gasteiger partial charge in [-0.3, -0.25) is 4.98 Å². The second kappa shape index (κ2) is 11.4. The van der Waals surface area contributed by atoms with Crippen molar-refractivity contribution in [3.8, 4) is 50.7 Å². The smallest absolute Gasteiger partial charge is 0.145 e. The van der Waals surface area contributed by atoms with Gasteiger partial charge >= 0.3 is 0 Å². The van der Waals surface area contributed by atoms with Crippen LogP contribution in [0.2, 0.25) is 0 Å². The van der Waals surface area contributed by atoms with Crippen molar-refractivity contribution >= 4 is 48.7 Å². The number of hydrogen-bond donors (Lipinski definition) is 0. The predicted octanol–water partition coefficient (Wildman–Crippen LogP) is 8.85. The van der Waals surface area contributed by atoms with E-state index >= 15 is 4.39 Å². The topological polar surface area (TPSA) is 49.8 Å². The molecule has 0 bridgehead atoms. The molecule has 0 N–H and O–H groups in total. The van der Waals surface area contributed by atoms with Crippen LogP contribution in [-0.2, 0) is 5.41 Å². The first-order valence-corrected chi connectivity index (χ1v) is 15.5. The molecule has 0 fully saturated rings. The molecular formula is C41H29B2FN2O. The number of rotatable bonds is 4. The molecule has 5 aromatic carbocycles. The fourth-order valence-corrected chi connectivity index (χ4v) is 6.41. The third kappa shape index (κ3) is 5.22. The van der Waals surface area contributed by atoms with E-state index in [2.05, 4.69) is 78.6 Å². The lowest BCUT2D eigenvalue weighted by molar-refractivity contribution is 0.528. The Morgan fingerprint density at radius 2 is 1.32 bits per heavy atom. The largest absolute Gasteiger partial charge is 0.455 e. The van der Waals surface area contributed by atoms with Crippen LogP contribution < -0.4 is 11.1 Å². The molecule has 0 spiro atoms. The first-order chi connectivity index (χ1) is 22.5. The van der Waals surface area contributed by atoms with Gasteiger partial charge in [0, 0.05) is 27.5 Å². The van der Waals surface area contributed by atoms with E-state index in [1.54, 1.807) is 0 Å². The number of halogens is 1. The van der Waals surface area contributed by atoms with Gasteiger partial charge in [0.2, 0.25) is 0 Å². The average molecular weight is 606 g/mol. The predicted molar refractivity (Wildman–Crippen MR) is 192 cm³/mol. The summed E-state index contributed by atoms with van der Waals surface area (Å²) in [5.74, 6) is -0.609. The van der Waals surface area contributed by atoms with Crippen molar-refractivity contribution in [2.24, 2.45) is 0 Å². The van der Waals surface area contributed by atoms with Gasteiger partial charge in [0.25, 0.3) is 0 Å². The Morgan fingerprint density at radius 1 is 0.723 bits per heavy atom. The maximum absolute atomic E-state index is 15.2. The third-order valence-electron chi connectivity index (χ3n) is 8.75. The number of fused-ring (bicyclic) bond motifs is 3. The van der Waals surface area contributed by atoms with E-state index in [-0.39, 0.29) is 11.1 Å². The first-order valence-electron chi connectivity index (χ1n) is 15.5. The summed E-state index contributed by atoms with van der Waals surface area (Å²) in [6.45, 7) is 7.74. The maximum atomic E-state index is 15.2. The molecule has 0 atom stereocenters. The zero-order valence-corrected chi connectivity index (χ0v) is 26.7. The molecule has 0 aliphatic rings. The molecule has 7 aromatic rings. The third-order valence-corrected chi connectivity index (χ3v) is 8.75. The van der Waals surface area contributed by atoms with Crippen LogP contribution in [0.25, 0.3) is 66.6 Å². The van der Waals surface area contributed by atoms with Crippen LogP contribution >= 0.6 is 0 Å². The second-order valence-corrected chi connectivity index (χ2v) is 13.0. The molecule has 0 amide bonds. The van der Waals surface area contributed by atoms with Crippen LogP contribution in [0.3, 0.4) is 0 Å². The van der Waals surface area contributed by atoms with Gasteiger partial charge in [-0.25, -0.2) is 4.39 Å². The van der Waals surface area contributed by atoms with Gasteiger partial charge in [-0.2, -0.15) is 5.26 Å². The van der Waals surface area contributed by atoms with E-state index in [1.807, 2.05) is 63.2 Å². The molecule has 0 aliphatic carbocycles.